The molecular weight excluding hydrogens is 384 g/mol. The van der Waals surface area contributed by atoms with Crippen LogP contribution in [0.15, 0.2) is 36.4 Å². The third-order valence-corrected chi connectivity index (χ3v) is 4.20. The highest BCUT2D eigenvalue weighted by molar-refractivity contribution is 5.92. The van der Waals surface area contributed by atoms with Crippen LogP contribution in [0.2, 0.25) is 0 Å². The molecule has 0 amide bonds. The van der Waals surface area contributed by atoms with Crippen LogP contribution in [0, 0.1) is 34.1 Å². The maximum Gasteiger partial charge on any atom is 0.338 e. The van der Waals surface area contributed by atoms with Crippen molar-refractivity contribution in [3.05, 3.63) is 78.9 Å². The van der Waals surface area contributed by atoms with Gasteiger partial charge in [0, 0.05) is 29.7 Å². The number of rotatable bonds is 8. The van der Waals surface area contributed by atoms with Crippen LogP contribution in [0.5, 0.6) is 0 Å². The Morgan fingerprint density at radius 2 is 1.17 bits per heavy atom. The molecule has 0 aliphatic carbocycles. The third kappa shape index (κ3) is 5.12. The minimum absolute atomic E-state index is 0.0673. The van der Waals surface area contributed by atoms with E-state index in [0.29, 0.717) is 0 Å². The van der Waals surface area contributed by atoms with Crippen LogP contribution in [0.3, 0.4) is 0 Å². The van der Waals surface area contributed by atoms with E-state index in [-0.39, 0.29) is 53.3 Å². The summed E-state index contributed by atoms with van der Waals surface area (Å²) in [6.07, 6.45) is 0.194. The average molecular weight is 402 g/mol. The average Bonchev–Trinajstić information content (AvgIpc) is 2.67. The van der Waals surface area contributed by atoms with Gasteiger partial charge in [0.2, 0.25) is 0 Å². The predicted octanol–water partition coefficient (Wildman–Crippen LogP) is 3.52. The number of nitro groups is 2. The number of carbonyl (C=O) groups is 2. The fourth-order valence-corrected chi connectivity index (χ4v) is 2.63. The molecule has 0 aliphatic rings. The number of esters is 2. The highest BCUT2D eigenvalue weighted by Crippen LogP contribution is 2.22. The second-order valence-electron chi connectivity index (χ2n) is 6.04. The van der Waals surface area contributed by atoms with Crippen molar-refractivity contribution in [3.63, 3.8) is 0 Å². The number of nitrogens with zero attached hydrogens (tertiary/aromatic N) is 2. The van der Waals surface area contributed by atoms with E-state index in [9.17, 15) is 29.8 Å². The fourth-order valence-electron chi connectivity index (χ4n) is 2.63. The molecule has 2 rings (SSSR count). The van der Waals surface area contributed by atoms with Crippen LogP contribution in [0.1, 0.15) is 38.3 Å². The van der Waals surface area contributed by atoms with E-state index in [2.05, 4.69) is 0 Å². The van der Waals surface area contributed by atoms with Gasteiger partial charge in [-0.05, 0) is 26.0 Å². The van der Waals surface area contributed by atoms with E-state index >= 15 is 0 Å². The van der Waals surface area contributed by atoms with Crippen LogP contribution in [0.25, 0.3) is 0 Å². The fraction of sp³-hybridized carbons (Fsp3) is 0.263. The lowest BCUT2D eigenvalue weighted by molar-refractivity contribution is -0.385. The minimum Gasteiger partial charge on any atom is -0.462 e. The topological polar surface area (TPSA) is 139 Å². The maximum absolute atomic E-state index is 12.1. The summed E-state index contributed by atoms with van der Waals surface area (Å²) in [6, 6.07) is 8.23. The third-order valence-electron chi connectivity index (χ3n) is 4.20. The normalized spacial score (nSPS) is 10.3. The Balaban J connectivity index is 1.86. The molecule has 2 aromatic rings. The zero-order chi connectivity index (χ0) is 21.6. The van der Waals surface area contributed by atoms with Gasteiger partial charge in [-0.25, -0.2) is 9.59 Å². The Morgan fingerprint density at radius 1 is 0.793 bits per heavy atom. The van der Waals surface area contributed by atoms with E-state index in [4.69, 9.17) is 9.47 Å². The van der Waals surface area contributed by atoms with Gasteiger partial charge < -0.3 is 9.47 Å². The van der Waals surface area contributed by atoms with Crippen LogP contribution < -0.4 is 0 Å². The number of nitro benzene ring substituents is 2. The highest BCUT2D eigenvalue weighted by Gasteiger charge is 2.20. The molecule has 0 spiro atoms. The molecule has 0 unspecified atom stereocenters. The number of ether oxygens (including phenoxy) is 2. The van der Waals surface area contributed by atoms with Gasteiger partial charge in [0.1, 0.15) is 0 Å². The zero-order valence-corrected chi connectivity index (χ0v) is 15.7. The van der Waals surface area contributed by atoms with E-state index in [1.54, 1.807) is 0 Å². The van der Waals surface area contributed by atoms with Crippen molar-refractivity contribution >= 4 is 23.3 Å². The lowest BCUT2D eigenvalue weighted by Gasteiger charge is -2.09. The molecule has 0 heterocycles. The largest absolute Gasteiger partial charge is 0.462 e. The van der Waals surface area contributed by atoms with Crippen molar-refractivity contribution in [1.29, 1.82) is 0 Å². The van der Waals surface area contributed by atoms with E-state index in [1.807, 2.05) is 0 Å². The molecule has 0 bridgehead atoms. The summed E-state index contributed by atoms with van der Waals surface area (Å²) < 4.78 is 10.1. The van der Waals surface area contributed by atoms with Gasteiger partial charge in [0.25, 0.3) is 11.4 Å². The van der Waals surface area contributed by atoms with Crippen LogP contribution in [0.4, 0.5) is 11.4 Å². The van der Waals surface area contributed by atoms with Crippen molar-refractivity contribution in [3.8, 4) is 0 Å². The summed E-state index contributed by atoms with van der Waals surface area (Å²) in [5, 5.41) is 21.9. The summed E-state index contributed by atoms with van der Waals surface area (Å²) >= 11 is 0. The molecule has 0 aromatic heterocycles. The molecule has 0 atom stereocenters. The van der Waals surface area contributed by atoms with E-state index < -0.39 is 21.8 Å². The van der Waals surface area contributed by atoms with Gasteiger partial charge in [0.15, 0.2) is 0 Å². The molecule has 0 aliphatic heterocycles. The van der Waals surface area contributed by atoms with Gasteiger partial charge in [-0.2, -0.15) is 0 Å². The molecule has 0 fully saturated rings. The Labute approximate surface area is 165 Å². The van der Waals surface area contributed by atoms with Gasteiger partial charge in [-0.1, -0.05) is 12.1 Å². The Morgan fingerprint density at radius 3 is 1.52 bits per heavy atom. The predicted molar refractivity (Wildman–Crippen MR) is 101 cm³/mol. The molecule has 29 heavy (non-hydrogen) atoms. The standard InChI is InChI=1S/C19H18N2O8/c1-12-14(6-3-8-16(12)20(24)25)18(22)28-10-5-11-29-19(23)15-7-4-9-17(13(15)2)21(26)27/h3-4,6-9H,5,10-11H2,1-2H3. The molecule has 2 aromatic carbocycles. The summed E-state index contributed by atoms with van der Waals surface area (Å²) in [5.74, 6) is -1.43. The number of hydrogen-bond donors (Lipinski definition) is 0. The first kappa shape index (κ1) is 21.5. The first-order chi connectivity index (χ1) is 13.7. The van der Waals surface area contributed by atoms with E-state index in [0.717, 1.165) is 0 Å². The van der Waals surface area contributed by atoms with Crippen molar-refractivity contribution in [2.75, 3.05) is 13.2 Å². The van der Waals surface area contributed by atoms with Crippen molar-refractivity contribution in [1.82, 2.24) is 0 Å². The summed E-state index contributed by atoms with van der Waals surface area (Å²) in [4.78, 5) is 44.9. The molecule has 10 nitrogen and oxygen atoms in total. The van der Waals surface area contributed by atoms with Crippen molar-refractivity contribution < 1.29 is 28.9 Å². The smallest absolute Gasteiger partial charge is 0.338 e. The van der Waals surface area contributed by atoms with Crippen LogP contribution in [-0.2, 0) is 9.47 Å². The monoisotopic (exact) mass is 402 g/mol. The first-order valence-electron chi connectivity index (χ1n) is 8.56. The molecule has 0 N–H and O–H groups in total. The summed E-state index contributed by atoms with van der Waals surface area (Å²) in [5.41, 5.74) is 0.221. The number of hydrogen-bond acceptors (Lipinski definition) is 8. The number of carbonyl (C=O) groups excluding carboxylic acids is 2. The van der Waals surface area contributed by atoms with Crippen molar-refractivity contribution in [2.24, 2.45) is 0 Å². The molecule has 0 saturated heterocycles. The Bertz CT molecular complexity index is 893. The van der Waals surface area contributed by atoms with Crippen LogP contribution >= 0.6 is 0 Å². The maximum atomic E-state index is 12.1. The Kier molecular flexibility index (Phi) is 6.96. The lowest BCUT2D eigenvalue weighted by atomic mass is 10.1. The summed E-state index contributed by atoms with van der Waals surface area (Å²) in [6.45, 7) is 2.78. The number of benzene rings is 2. The molecule has 0 saturated carbocycles. The minimum atomic E-state index is -0.716. The Hall–Kier alpha value is -3.82. The summed E-state index contributed by atoms with van der Waals surface area (Å²) in [7, 11) is 0. The van der Waals surface area contributed by atoms with E-state index in [1.165, 1.54) is 50.2 Å². The van der Waals surface area contributed by atoms with Gasteiger partial charge >= 0.3 is 11.9 Å². The SMILES string of the molecule is Cc1c(C(=O)OCCCOC(=O)c2cccc([N+](=O)[O-])c2C)cccc1[N+](=O)[O-]. The molecular formula is C19H18N2O8. The van der Waals surface area contributed by atoms with Gasteiger partial charge in [0.05, 0.1) is 34.2 Å². The second-order valence-corrected chi connectivity index (χ2v) is 6.04. The first-order valence-corrected chi connectivity index (χ1v) is 8.56. The van der Waals surface area contributed by atoms with Gasteiger partial charge in [-0.3, -0.25) is 20.2 Å². The molecule has 0 radical (unpaired) electrons. The zero-order valence-electron chi connectivity index (χ0n) is 15.7. The van der Waals surface area contributed by atoms with Gasteiger partial charge in [-0.15, -0.1) is 0 Å². The molecule has 152 valence electrons. The quantitative estimate of drug-likeness (QED) is 0.283. The van der Waals surface area contributed by atoms with Crippen LogP contribution in [-0.4, -0.2) is 35.0 Å². The van der Waals surface area contributed by atoms with Crippen molar-refractivity contribution in [2.45, 2.75) is 20.3 Å². The highest BCUT2D eigenvalue weighted by atomic mass is 16.6. The molecule has 10 heteroatoms. The second kappa shape index (κ2) is 9.40. The lowest BCUT2D eigenvalue weighted by Crippen LogP contribution is -2.13.